The molecule has 200 valence electrons. The zero-order valence-electron chi connectivity index (χ0n) is 18.7. The number of nitro groups is 1. The van der Waals surface area contributed by atoms with E-state index in [1.807, 2.05) is 5.32 Å². The Bertz CT molecular complexity index is 1150. The first-order valence-corrected chi connectivity index (χ1v) is 10.3. The minimum absolute atomic E-state index is 0.00799. The number of alkyl halides is 6. The van der Waals surface area contributed by atoms with Crippen LogP contribution in [0.15, 0.2) is 42.5 Å². The lowest BCUT2D eigenvalue weighted by Crippen LogP contribution is -2.45. The Kier molecular flexibility index (Phi) is 8.85. The fourth-order valence-corrected chi connectivity index (χ4v) is 3.32. The zero-order valence-corrected chi connectivity index (χ0v) is 18.7. The summed E-state index contributed by atoms with van der Waals surface area (Å²) in [6, 6.07) is 2.14. The molecule has 2 aromatic carbocycles. The van der Waals surface area contributed by atoms with Gasteiger partial charge in [0.1, 0.15) is 6.04 Å². The van der Waals surface area contributed by atoms with Crippen LogP contribution in [0.1, 0.15) is 46.3 Å². The predicted molar refractivity (Wildman–Crippen MR) is 112 cm³/mol. The zero-order chi connectivity index (χ0) is 28.1. The number of amides is 1. The standard InChI is InChI=1S/C22H18F6N2O7/c1-2-37-17(31)10-16(11-3-5-15(6-4-11)30(35)36)18(20(33)34)29-19(32)12-7-13(21(23,24)25)9-14(8-12)22(26,27)28/h3-9,16,18H,2,10H2,1H3,(H,29,32)(H,33,34)/t16-,18-/m1/s1. The van der Waals surface area contributed by atoms with E-state index in [9.17, 15) is 55.9 Å². The molecule has 1 amide bonds. The molecule has 37 heavy (non-hydrogen) atoms. The third-order valence-corrected chi connectivity index (χ3v) is 5.03. The molecule has 0 aliphatic rings. The normalized spacial score (nSPS) is 13.4. The van der Waals surface area contributed by atoms with Crippen molar-refractivity contribution >= 4 is 23.5 Å². The summed E-state index contributed by atoms with van der Waals surface area (Å²) in [5, 5.41) is 22.5. The highest BCUT2D eigenvalue weighted by atomic mass is 19.4. The number of carboxylic acid groups (broad SMARTS) is 1. The molecule has 2 rings (SSSR count). The van der Waals surface area contributed by atoms with E-state index < -0.39 is 75.9 Å². The lowest BCUT2D eigenvalue weighted by Gasteiger charge is -2.25. The van der Waals surface area contributed by atoms with E-state index in [1.165, 1.54) is 6.92 Å². The van der Waals surface area contributed by atoms with Crippen molar-refractivity contribution in [1.29, 1.82) is 0 Å². The van der Waals surface area contributed by atoms with Crippen LogP contribution >= 0.6 is 0 Å². The number of benzene rings is 2. The van der Waals surface area contributed by atoms with Crippen molar-refractivity contribution in [2.45, 2.75) is 37.7 Å². The van der Waals surface area contributed by atoms with Gasteiger partial charge in [0.25, 0.3) is 11.6 Å². The Morgan fingerprint density at radius 2 is 1.51 bits per heavy atom. The van der Waals surface area contributed by atoms with Gasteiger partial charge < -0.3 is 15.2 Å². The van der Waals surface area contributed by atoms with E-state index in [4.69, 9.17) is 4.74 Å². The number of carbonyl (C=O) groups is 3. The molecule has 0 heterocycles. The van der Waals surface area contributed by atoms with Crippen LogP contribution in [-0.4, -0.2) is 40.5 Å². The maximum Gasteiger partial charge on any atom is 0.416 e. The number of esters is 1. The molecule has 0 saturated carbocycles. The number of carbonyl (C=O) groups excluding carboxylic acids is 2. The number of ether oxygens (including phenoxy) is 1. The van der Waals surface area contributed by atoms with Crippen LogP contribution in [0, 0.1) is 10.1 Å². The third kappa shape index (κ3) is 7.65. The molecule has 0 aliphatic carbocycles. The van der Waals surface area contributed by atoms with Crippen molar-refractivity contribution < 1.29 is 55.5 Å². The summed E-state index contributed by atoms with van der Waals surface area (Å²) in [6.45, 7) is 1.33. The maximum atomic E-state index is 13.2. The summed E-state index contributed by atoms with van der Waals surface area (Å²) in [6.07, 6.45) is -11.2. The first kappa shape index (κ1) is 29.1. The monoisotopic (exact) mass is 536 g/mol. The highest BCUT2D eigenvalue weighted by molar-refractivity contribution is 5.97. The fourth-order valence-electron chi connectivity index (χ4n) is 3.32. The second kappa shape index (κ2) is 11.3. The molecule has 2 aromatic rings. The number of non-ortho nitro benzene ring substituents is 1. The molecule has 9 nitrogen and oxygen atoms in total. The van der Waals surface area contributed by atoms with Crippen molar-refractivity contribution in [3.8, 4) is 0 Å². The number of nitrogens with zero attached hydrogens (tertiary/aromatic N) is 1. The first-order chi connectivity index (χ1) is 17.0. The van der Waals surface area contributed by atoms with Crippen LogP contribution < -0.4 is 5.32 Å². The molecule has 0 bridgehead atoms. The van der Waals surface area contributed by atoms with Gasteiger partial charge in [-0.15, -0.1) is 0 Å². The predicted octanol–water partition coefficient (Wildman–Crippen LogP) is 4.55. The number of rotatable bonds is 9. The molecule has 0 saturated heterocycles. The Labute approximate surface area is 204 Å². The average molecular weight is 536 g/mol. The molecule has 2 atom stereocenters. The van der Waals surface area contributed by atoms with Gasteiger partial charge in [-0.25, -0.2) is 4.79 Å². The number of halogens is 6. The van der Waals surface area contributed by atoms with Crippen LogP contribution in [0.3, 0.4) is 0 Å². The lowest BCUT2D eigenvalue weighted by atomic mass is 9.88. The van der Waals surface area contributed by atoms with Crippen molar-refractivity contribution in [2.75, 3.05) is 6.61 Å². The number of aliphatic carboxylic acids is 1. The molecule has 0 aliphatic heterocycles. The fraction of sp³-hybridized carbons (Fsp3) is 0.318. The molecule has 2 N–H and O–H groups in total. The van der Waals surface area contributed by atoms with Crippen LogP contribution in [0.4, 0.5) is 32.0 Å². The van der Waals surface area contributed by atoms with Gasteiger partial charge >= 0.3 is 24.3 Å². The summed E-state index contributed by atoms with van der Waals surface area (Å²) in [4.78, 5) is 47.0. The van der Waals surface area contributed by atoms with Crippen LogP contribution in [-0.2, 0) is 26.7 Å². The second-order valence-corrected chi connectivity index (χ2v) is 7.55. The van der Waals surface area contributed by atoms with E-state index in [0.29, 0.717) is 0 Å². The molecular weight excluding hydrogens is 518 g/mol. The summed E-state index contributed by atoms with van der Waals surface area (Å²) >= 11 is 0. The van der Waals surface area contributed by atoms with E-state index in [1.54, 1.807) is 0 Å². The van der Waals surface area contributed by atoms with Crippen LogP contribution in [0.2, 0.25) is 0 Å². The van der Waals surface area contributed by atoms with Gasteiger partial charge in [0.2, 0.25) is 0 Å². The van der Waals surface area contributed by atoms with E-state index >= 15 is 0 Å². The SMILES string of the molecule is CCOC(=O)C[C@H](c1ccc([N+](=O)[O-])cc1)[C@@H](NC(=O)c1cc(C(F)(F)F)cc(C(F)(F)F)c1)C(=O)O. The van der Waals surface area contributed by atoms with E-state index in [0.717, 1.165) is 24.3 Å². The lowest BCUT2D eigenvalue weighted by molar-refractivity contribution is -0.384. The molecule has 0 spiro atoms. The second-order valence-electron chi connectivity index (χ2n) is 7.55. The van der Waals surface area contributed by atoms with Gasteiger partial charge in [0.05, 0.1) is 29.1 Å². The average Bonchev–Trinajstić information content (AvgIpc) is 2.79. The highest BCUT2D eigenvalue weighted by Gasteiger charge is 2.39. The molecule has 0 fully saturated rings. The molecule has 0 aromatic heterocycles. The summed E-state index contributed by atoms with van der Waals surface area (Å²) in [5.41, 5.74) is -5.12. The van der Waals surface area contributed by atoms with Crippen LogP contribution in [0.25, 0.3) is 0 Å². The van der Waals surface area contributed by atoms with Crippen LogP contribution in [0.5, 0.6) is 0 Å². The van der Waals surface area contributed by atoms with E-state index in [-0.39, 0.29) is 30.4 Å². The van der Waals surface area contributed by atoms with Gasteiger partial charge in [0.15, 0.2) is 0 Å². The van der Waals surface area contributed by atoms with Crippen molar-refractivity contribution in [3.05, 3.63) is 74.8 Å². The molecule has 0 unspecified atom stereocenters. The smallest absolute Gasteiger partial charge is 0.416 e. The number of carboxylic acids is 1. The summed E-state index contributed by atoms with van der Waals surface area (Å²) < 4.78 is 83.7. The summed E-state index contributed by atoms with van der Waals surface area (Å²) in [7, 11) is 0. The molecular formula is C22H18F6N2O7. The number of hydrogen-bond donors (Lipinski definition) is 2. The maximum absolute atomic E-state index is 13.2. The number of hydrogen-bond acceptors (Lipinski definition) is 6. The molecule has 15 heteroatoms. The molecule has 0 radical (unpaired) electrons. The quantitative estimate of drug-likeness (QED) is 0.208. The van der Waals surface area contributed by atoms with Crippen molar-refractivity contribution in [1.82, 2.24) is 5.32 Å². The Morgan fingerprint density at radius 3 is 1.92 bits per heavy atom. The van der Waals surface area contributed by atoms with Gasteiger partial charge in [-0.2, -0.15) is 26.3 Å². The first-order valence-electron chi connectivity index (χ1n) is 10.3. The third-order valence-electron chi connectivity index (χ3n) is 5.03. The van der Waals surface area contributed by atoms with Gasteiger partial charge in [-0.05, 0) is 30.7 Å². The van der Waals surface area contributed by atoms with Crippen molar-refractivity contribution in [2.24, 2.45) is 0 Å². The topological polar surface area (TPSA) is 136 Å². The largest absolute Gasteiger partial charge is 0.480 e. The van der Waals surface area contributed by atoms with E-state index in [2.05, 4.69) is 0 Å². The number of nitrogens with one attached hydrogen (secondary N) is 1. The summed E-state index contributed by atoms with van der Waals surface area (Å²) in [5.74, 6) is -5.79. The Hall–Kier alpha value is -4.17. The Balaban J connectivity index is 2.53. The minimum atomic E-state index is -5.26. The minimum Gasteiger partial charge on any atom is -0.480 e. The highest BCUT2D eigenvalue weighted by Crippen LogP contribution is 2.36. The van der Waals surface area contributed by atoms with Gasteiger partial charge in [-0.1, -0.05) is 12.1 Å². The number of nitro benzene ring substituents is 1. The van der Waals surface area contributed by atoms with Gasteiger partial charge in [0, 0.05) is 23.6 Å². The van der Waals surface area contributed by atoms with Gasteiger partial charge in [-0.3, -0.25) is 19.7 Å². The Morgan fingerprint density at radius 1 is 1.00 bits per heavy atom. The van der Waals surface area contributed by atoms with Crippen molar-refractivity contribution in [3.63, 3.8) is 0 Å².